The largest absolute Gasteiger partial charge is 0.506 e. The number of nitrogens with zero attached hydrogens (tertiary/aromatic N) is 2. The number of halogens is 1. The molecule has 2 aromatic rings. The van der Waals surface area contributed by atoms with E-state index in [2.05, 4.69) is 17.3 Å². The van der Waals surface area contributed by atoms with Crippen molar-refractivity contribution < 1.29 is 5.11 Å². The monoisotopic (exact) mass is 279 g/mol. The van der Waals surface area contributed by atoms with Crippen molar-refractivity contribution in [3.8, 4) is 5.75 Å². The van der Waals surface area contributed by atoms with Gasteiger partial charge in [-0.25, -0.2) is 0 Å². The first kappa shape index (κ1) is 13.9. The van der Waals surface area contributed by atoms with Gasteiger partial charge in [-0.3, -0.25) is 4.68 Å². The summed E-state index contributed by atoms with van der Waals surface area (Å²) in [5.41, 5.74) is 4.50. The van der Waals surface area contributed by atoms with Crippen molar-refractivity contribution in [2.45, 2.75) is 26.9 Å². The van der Waals surface area contributed by atoms with Gasteiger partial charge in [0.15, 0.2) is 0 Å². The molecule has 1 aromatic carbocycles. The average Bonchev–Trinajstić information content (AvgIpc) is 2.60. The Kier molecular flexibility index (Phi) is 4.12. The van der Waals surface area contributed by atoms with Gasteiger partial charge in [0.05, 0.1) is 10.7 Å². The Labute approximate surface area is 118 Å². The van der Waals surface area contributed by atoms with E-state index in [0.29, 0.717) is 11.6 Å². The maximum Gasteiger partial charge on any atom is 0.134 e. The number of nitrogens with one attached hydrogen (secondary N) is 1. The molecule has 1 heterocycles. The summed E-state index contributed by atoms with van der Waals surface area (Å²) in [6, 6.07) is 5.24. The fraction of sp³-hybridized carbons (Fsp3) is 0.357. The summed E-state index contributed by atoms with van der Waals surface area (Å²) in [7, 11) is 1.95. The van der Waals surface area contributed by atoms with Crippen LogP contribution in [0.4, 0.5) is 0 Å². The summed E-state index contributed by atoms with van der Waals surface area (Å²) in [4.78, 5) is 0. The number of aryl methyl sites for hydroxylation is 2. The van der Waals surface area contributed by atoms with Crippen LogP contribution in [0.5, 0.6) is 5.75 Å². The number of aromatic hydroxyl groups is 1. The van der Waals surface area contributed by atoms with Crippen molar-refractivity contribution in [2.75, 3.05) is 0 Å². The molecule has 4 nitrogen and oxygen atoms in total. The van der Waals surface area contributed by atoms with E-state index < -0.39 is 0 Å². The van der Waals surface area contributed by atoms with Crippen molar-refractivity contribution >= 4 is 11.6 Å². The molecule has 2 N–H and O–H groups in total. The quantitative estimate of drug-likeness (QED) is 0.905. The molecule has 0 aliphatic rings. The van der Waals surface area contributed by atoms with Crippen LogP contribution in [-0.2, 0) is 20.1 Å². The molecule has 0 fully saturated rings. The first-order chi connectivity index (χ1) is 8.99. The van der Waals surface area contributed by atoms with Crippen LogP contribution < -0.4 is 5.32 Å². The van der Waals surface area contributed by atoms with Crippen LogP contribution in [0.25, 0.3) is 0 Å². The van der Waals surface area contributed by atoms with Crippen LogP contribution in [0.1, 0.15) is 22.5 Å². The minimum atomic E-state index is 0.115. The van der Waals surface area contributed by atoms with Crippen LogP contribution in [0.2, 0.25) is 5.02 Å². The lowest BCUT2D eigenvalue weighted by molar-refractivity contribution is 0.475. The SMILES string of the molecule is Cc1nn(C)c(C)c1CNCc1ccc(O)c(Cl)c1. The number of hydrogen-bond acceptors (Lipinski definition) is 3. The molecule has 0 bridgehead atoms. The summed E-state index contributed by atoms with van der Waals surface area (Å²) in [6.07, 6.45) is 0. The molecule has 0 aliphatic heterocycles. The van der Waals surface area contributed by atoms with Crippen LogP contribution in [0, 0.1) is 13.8 Å². The van der Waals surface area contributed by atoms with E-state index in [1.54, 1.807) is 12.1 Å². The number of phenols is 1. The first-order valence-corrected chi connectivity index (χ1v) is 6.54. The molecular formula is C14H18ClN3O. The maximum atomic E-state index is 9.36. The fourth-order valence-corrected chi connectivity index (χ4v) is 2.27. The Morgan fingerprint density at radius 2 is 2.05 bits per heavy atom. The second-order valence-electron chi connectivity index (χ2n) is 4.66. The zero-order valence-electron chi connectivity index (χ0n) is 11.4. The lowest BCUT2D eigenvalue weighted by atomic mass is 10.2. The van der Waals surface area contributed by atoms with E-state index >= 15 is 0 Å². The molecule has 0 atom stereocenters. The number of aromatic nitrogens is 2. The van der Waals surface area contributed by atoms with Crippen LogP contribution >= 0.6 is 11.6 Å². The average molecular weight is 280 g/mol. The van der Waals surface area contributed by atoms with E-state index in [4.69, 9.17) is 11.6 Å². The van der Waals surface area contributed by atoms with Gasteiger partial charge >= 0.3 is 0 Å². The van der Waals surface area contributed by atoms with Gasteiger partial charge in [-0.2, -0.15) is 5.10 Å². The standard InChI is InChI=1S/C14H18ClN3O/c1-9-12(10(2)18(3)17-9)8-16-7-11-4-5-14(19)13(15)6-11/h4-6,16,19H,7-8H2,1-3H3. The molecule has 0 unspecified atom stereocenters. The Balaban J connectivity index is 1.98. The van der Waals surface area contributed by atoms with Crippen LogP contribution in [0.3, 0.4) is 0 Å². The normalized spacial score (nSPS) is 10.9. The van der Waals surface area contributed by atoms with E-state index in [9.17, 15) is 5.11 Å². The van der Waals surface area contributed by atoms with Crippen molar-refractivity contribution in [1.82, 2.24) is 15.1 Å². The zero-order valence-corrected chi connectivity index (χ0v) is 12.1. The minimum absolute atomic E-state index is 0.115. The number of hydrogen-bond donors (Lipinski definition) is 2. The van der Waals surface area contributed by atoms with Crippen LogP contribution in [-0.4, -0.2) is 14.9 Å². The smallest absolute Gasteiger partial charge is 0.134 e. The highest BCUT2D eigenvalue weighted by Gasteiger charge is 2.08. The predicted octanol–water partition coefficient (Wildman–Crippen LogP) is 2.69. The van der Waals surface area contributed by atoms with E-state index in [-0.39, 0.29) is 5.75 Å². The summed E-state index contributed by atoms with van der Waals surface area (Å²) >= 11 is 5.87. The van der Waals surface area contributed by atoms with E-state index in [0.717, 1.165) is 17.8 Å². The van der Waals surface area contributed by atoms with Gasteiger partial charge in [0, 0.05) is 31.4 Å². The van der Waals surface area contributed by atoms with Gasteiger partial charge in [-0.1, -0.05) is 17.7 Å². The van der Waals surface area contributed by atoms with Gasteiger partial charge in [0.25, 0.3) is 0 Å². The molecule has 0 amide bonds. The van der Waals surface area contributed by atoms with Crippen molar-refractivity contribution in [2.24, 2.45) is 7.05 Å². The third-order valence-electron chi connectivity index (χ3n) is 3.30. The fourth-order valence-electron chi connectivity index (χ4n) is 2.07. The lowest BCUT2D eigenvalue weighted by Crippen LogP contribution is -2.13. The molecule has 0 saturated carbocycles. The Hall–Kier alpha value is -1.52. The Bertz CT molecular complexity index is 593. The highest BCUT2D eigenvalue weighted by molar-refractivity contribution is 6.32. The first-order valence-electron chi connectivity index (χ1n) is 6.16. The molecule has 0 saturated heterocycles. The molecule has 0 spiro atoms. The highest BCUT2D eigenvalue weighted by Crippen LogP contribution is 2.23. The second kappa shape index (κ2) is 5.63. The molecule has 5 heteroatoms. The van der Waals surface area contributed by atoms with Gasteiger partial charge in [-0.05, 0) is 31.5 Å². The van der Waals surface area contributed by atoms with Crippen molar-refractivity contribution in [3.63, 3.8) is 0 Å². The van der Waals surface area contributed by atoms with Crippen LogP contribution in [0.15, 0.2) is 18.2 Å². The molecular weight excluding hydrogens is 262 g/mol. The number of rotatable bonds is 4. The third kappa shape index (κ3) is 3.08. The van der Waals surface area contributed by atoms with Gasteiger partial charge in [-0.15, -0.1) is 0 Å². The lowest BCUT2D eigenvalue weighted by Gasteiger charge is -2.07. The number of benzene rings is 1. The molecule has 0 aliphatic carbocycles. The molecule has 1 aromatic heterocycles. The van der Waals surface area contributed by atoms with Gasteiger partial charge in [0.2, 0.25) is 0 Å². The molecule has 19 heavy (non-hydrogen) atoms. The third-order valence-corrected chi connectivity index (χ3v) is 3.60. The summed E-state index contributed by atoms with van der Waals surface area (Å²) < 4.78 is 1.89. The zero-order chi connectivity index (χ0) is 14.0. The maximum absolute atomic E-state index is 9.36. The molecule has 2 rings (SSSR count). The van der Waals surface area contributed by atoms with Crippen molar-refractivity contribution in [1.29, 1.82) is 0 Å². The second-order valence-corrected chi connectivity index (χ2v) is 5.07. The summed E-state index contributed by atoms with van der Waals surface area (Å²) in [6.45, 7) is 5.55. The van der Waals surface area contributed by atoms with E-state index in [1.165, 1.54) is 11.3 Å². The van der Waals surface area contributed by atoms with Crippen molar-refractivity contribution in [3.05, 3.63) is 45.7 Å². The predicted molar refractivity (Wildman–Crippen MR) is 76.3 cm³/mol. The summed E-state index contributed by atoms with van der Waals surface area (Å²) in [5, 5.41) is 17.5. The Morgan fingerprint density at radius 1 is 1.32 bits per heavy atom. The minimum Gasteiger partial charge on any atom is -0.506 e. The van der Waals surface area contributed by atoms with Gasteiger partial charge < -0.3 is 10.4 Å². The number of phenolic OH excluding ortho intramolecular Hbond substituents is 1. The topological polar surface area (TPSA) is 50.1 Å². The molecule has 102 valence electrons. The highest BCUT2D eigenvalue weighted by atomic mass is 35.5. The summed E-state index contributed by atoms with van der Waals surface area (Å²) in [5.74, 6) is 0.115. The molecule has 0 radical (unpaired) electrons. The van der Waals surface area contributed by atoms with E-state index in [1.807, 2.05) is 24.7 Å². The van der Waals surface area contributed by atoms with Gasteiger partial charge in [0.1, 0.15) is 5.75 Å². The Morgan fingerprint density at radius 3 is 2.63 bits per heavy atom.